The predicted octanol–water partition coefficient (Wildman–Crippen LogP) is -0.942. The first-order chi connectivity index (χ1) is 6.74. The normalized spacial score (nSPS) is 12.4. The van der Waals surface area contributed by atoms with E-state index in [9.17, 15) is 4.79 Å². The molecule has 14 heavy (non-hydrogen) atoms. The largest absolute Gasteiger partial charge is 0.355 e. The minimum atomic E-state index is -0.135. The summed E-state index contributed by atoms with van der Waals surface area (Å²) < 4.78 is 0. The second-order valence-electron chi connectivity index (χ2n) is 3.11. The van der Waals surface area contributed by atoms with Gasteiger partial charge in [-0.15, -0.1) is 0 Å². The van der Waals surface area contributed by atoms with E-state index in [1.54, 1.807) is 6.92 Å². The van der Waals surface area contributed by atoms with Crippen LogP contribution in [0.3, 0.4) is 0 Å². The minimum absolute atomic E-state index is 0.0213. The summed E-state index contributed by atoms with van der Waals surface area (Å²) in [5.74, 6) is 0.613. The van der Waals surface area contributed by atoms with Crippen molar-refractivity contribution in [1.82, 2.24) is 20.5 Å². The minimum Gasteiger partial charge on any atom is -0.355 e. The van der Waals surface area contributed by atoms with Gasteiger partial charge >= 0.3 is 0 Å². The van der Waals surface area contributed by atoms with Crippen LogP contribution < -0.4 is 11.1 Å². The van der Waals surface area contributed by atoms with Gasteiger partial charge in [0.25, 0.3) is 0 Å². The Labute approximate surface area is 82.3 Å². The van der Waals surface area contributed by atoms with Crippen LogP contribution in [0.1, 0.15) is 12.7 Å². The van der Waals surface area contributed by atoms with Gasteiger partial charge in [0.05, 0.1) is 0 Å². The molecule has 1 rings (SSSR count). The number of carbonyl (C=O) groups is 1. The summed E-state index contributed by atoms with van der Waals surface area (Å²) in [6, 6.07) is 0. The van der Waals surface area contributed by atoms with Gasteiger partial charge in [0, 0.05) is 25.4 Å². The Kier molecular flexibility index (Phi) is 4.06. The maximum atomic E-state index is 11.3. The van der Waals surface area contributed by atoms with Gasteiger partial charge in [0.15, 0.2) is 0 Å². The maximum absolute atomic E-state index is 11.3. The van der Waals surface area contributed by atoms with Gasteiger partial charge < -0.3 is 11.1 Å². The van der Waals surface area contributed by atoms with E-state index in [0.29, 0.717) is 19.5 Å². The van der Waals surface area contributed by atoms with Crippen molar-refractivity contribution >= 4 is 5.91 Å². The van der Waals surface area contributed by atoms with Crippen molar-refractivity contribution < 1.29 is 4.79 Å². The van der Waals surface area contributed by atoms with Crippen LogP contribution in [0.2, 0.25) is 0 Å². The molecule has 78 valence electrons. The maximum Gasteiger partial charge on any atom is 0.224 e. The number of nitrogens with one attached hydrogen (secondary N) is 2. The summed E-state index contributed by atoms with van der Waals surface area (Å²) in [4.78, 5) is 15.2. The molecule has 6 nitrogen and oxygen atoms in total. The van der Waals surface area contributed by atoms with Crippen LogP contribution in [0.25, 0.3) is 0 Å². The summed E-state index contributed by atoms with van der Waals surface area (Å²) in [6.45, 7) is 2.72. The fourth-order valence-electron chi connectivity index (χ4n) is 0.937. The van der Waals surface area contributed by atoms with Crippen molar-refractivity contribution in [3.63, 3.8) is 0 Å². The molecule has 1 unspecified atom stereocenters. The van der Waals surface area contributed by atoms with Gasteiger partial charge in [0.1, 0.15) is 12.2 Å². The average molecular weight is 197 g/mol. The number of nitrogens with zero attached hydrogens (tertiary/aromatic N) is 2. The van der Waals surface area contributed by atoms with Crippen LogP contribution in [0.4, 0.5) is 0 Å². The lowest BCUT2D eigenvalue weighted by molar-refractivity contribution is -0.124. The van der Waals surface area contributed by atoms with E-state index < -0.39 is 0 Å². The quantitative estimate of drug-likeness (QED) is 0.567. The van der Waals surface area contributed by atoms with E-state index in [-0.39, 0.29) is 11.8 Å². The van der Waals surface area contributed by atoms with Gasteiger partial charge in [-0.1, -0.05) is 6.92 Å². The van der Waals surface area contributed by atoms with E-state index in [2.05, 4.69) is 20.5 Å². The zero-order valence-corrected chi connectivity index (χ0v) is 8.16. The lowest BCUT2D eigenvalue weighted by Gasteiger charge is -2.08. The summed E-state index contributed by atoms with van der Waals surface area (Å²) in [5, 5.41) is 9.18. The van der Waals surface area contributed by atoms with Gasteiger partial charge in [-0.2, -0.15) is 5.10 Å². The molecule has 0 saturated carbocycles. The van der Waals surface area contributed by atoms with E-state index in [1.165, 1.54) is 6.33 Å². The van der Waals surface area contributed by atoms with Gasteiger partial charge in [-0.05, 0) is 0 Å². The summed E-state index contributed by atoms with van der Waals surface area (Å²) in [5.41, 5.74) is 5.35. The molecule has 1 aromatic rings. The van der Waals surface area contributed by atoms with Crippen molar-refractivity contribution in [2.45, 2.75) is 13.3 Å². The highest BCUT2D eigenvalue weighted by Crippen LogP contribution is 1.91. The summed E-state index contributed by atoms with van der Waals surface area (Å²) in [7, 11) is 0. The Balaban J connectivity index is 2.18. The number of aromatic amines is 1. The molecule has 0 aliphatic heterocycles. The van der Waals surface area contributed by atoms with Gasteiger partial charge in [-0.3, -0.25) is 9.89 Å². The molecule has 1 aromatic heterocycles. The highest BCUT2D eigenvalue weighted by atomic mass is 16.1. The fourth-order valence-corrected chi connectivity index (χ4v) is 0.937. The molecule has 0 saturated heterocycles. The molecule has 0 aliphatic carbocycles. The number of amides is 1. The van der Waals surface area contributed by atoms with E-state index in [0.717, 1.165) is 5.82 Å². The zero-order chi connectivity index (χ0) is 10.4. The van der Waals surface area contributed by atoms with E-state index >= 15 is 0 Å². The van der Waals surface area contributed by atoms with Crippen molar-refractivity contribution in [3.05, 3.63) is 12.2 Å². The number of nitrogens with two attached hydrogens (primary N) is 1. The van der Waals surface area contributed by atoms with Crippen molar-refractivity contribution in [1.29, 1.82) is 0 Å². The predicted molar refractivity (Wildman–Crippen MR) is 51.3 cm³/mol. The molecule has 0 radical (unpaired) electrons. The Bertz CT molecular complexity index is 271. The zero-order valence-electron chi connectivity index (χ0n) is 8.16. The van der Waals surface area contributed by atoms with Crippen LogP contribution in [0, 0.1) is 5.92 Å². The second-order valence-corrected chi connectivity index (χ2v) is 3.11. The van der Waals surface area contributed by atoms with Crippen molar-refractivity contribution in [3.8, 4) is 0 Å². The molecule has 1 atom stereocenters. The topological polar surface area (TPSA) is 96.7 Å². The van der Waals surface area contributed by atoms with Crippen molar-refractivity contribution in [2.75, 3.05) is 13.1 Å². The average Bonchev–Trinajstić information content (AvgIpc) is 2.69. The summed E-state index contributed by atoms with van der Waals surface area (Å²) >= 11 is 0. The van der Waals surface area contributed by atoms with Crippen LogP contribution in [-0.2, 0) is 11.2 Å². The molecular weight excluding hydrogens is 182 g/mol. The number of hydrogen-bond acceptors (Lipinski definition) is 4. The first kappa shape index (κ1) is 10.6. The highest BCUT2D eigenvalue weighted by Gasteiger charge is 2.09. The SMILES string of the molecule is CC(CN)C(=O)NCCc1ncn[nH]1. The Morgan fingerprint density at radius 1 is 1.79 bits per heavy atom. The number of carbonyl (C=O) groups excluding carboxylic acids is 1. The molecule has 0 spiro atoms. The van der Waals surface area contributed by atoms with Crippen LogP contribution in [0.15, 0.2) is 6.33 Å². The lowest BCUT2D eigenvalue weighted by atomic mass is 10.2. The third kappa shape index (κ3) is 3.14. The molecule has 0 aromatic carbocycles. The van der Waals surface area contributed by atoms with Crippen LogP contribution in [-0.4, -0.2) is 34.2 Å². The molecule has 1 amide bonds. The highest BCUT2D eigenvalue weighted by molar-refractivity contribution is 5.78. The van der Waals surface area contributed by atoms with E-state index in [4.69, 9.17) is 5.73 Å². The Morgan fingerprint density at radius 2 is 2.57 bits per heavy atom. The molecule has 6 heteroatoms. The number of aromatic nitrogens is 3. The smallest absolute Gasteiger partial charge is 0.224 e. The standard InChI is InChI=1S/C8H15N5O/c1-6(4-9)8(14)10-3-2-7-11-5-12-13-7/h5-6H,2-4,9H2,1H3,(H,10,14)(H,11,12,13). The number of rotatable bonds is 5. The van der Waals surface area contributed by atoms with Crippen molar-refractivity contribution in [2.24, 2.45) is 11.7 Å². The Morgan fingerprint density at radius 3 is 3.14 bits per heavy atom. The van der Waals surface area contributed by atoms with Gasteiger partial charge in [0.2, 0.25) is 5.91 Å². The van der Waals surface area contributed by atoms with Gasteiger partial charge in [-0.25, -0.2) is 4.98 Å². The molecule has 0 fully saturated rings. The third-order valence-electron chi connectivity index (χ3n) is 1.93. The monoisotopic (exact) mass is 197 g/mol. The number of hydrogen-bond donors (Lipinski definition) is 3. The molecule has 0 aliphatic rings. The third-order valence-corrected chi connectivity index (χ3v) is 1.93. The van der Waals surface area contributed by atoms with E-state index in [1.807, 2.05) is 0 Å². The lowest BCUT2D eigenvalue weighted by Crippen LogP contribution is -2.34. The second kappa shape index (κ2) is 5.33. The first-order valence-electron chi connectivity index (χ1n) is 4.56. The molecular formula is C8H15N5O. The number of H-pyrrole nitrogens is 1. The van der Waals surface area contributed by atoms with Crippen LogP contribution in [0.5, 0.6) is 0 Å². The van der Waals surface area contributed by atoms with Crippen LogP contribution >= 0.6 is 0 Å². The fraction of sp³-hybridized carbons (Fsp3) is 0.625. The molecule has 4 N–H and O–H groups in total. The first-order valence-corrected chi connectivity index (χ1v) is 4.56. The molecule has 1 heterocycles. The Hall–Kier alpha value is -1.43. The summed E-state index contributed by atoms with van der Waals surface area (Å²) in [6.07, 6.45) is 2.10. The molecule has 0 bridgehead atoms.